The lowest BCUT2D eigenvalue weighted by atomic mass is 10.0. The highest BCUT2D eigenvalue weighted by atomic mass is 79.9. The first-order chi connectivity index (χ1) is 8.69. The Labute approximate surface area is 128 Å². The molecule has 18 heavy (non-hydrogen) atoms. The number of nitrogens with one attached hydrogen (secondary N) is 1. The van der Waals surface area contributed by atoms with Crippen molar-refractivity contribution < 1.29 is 0 Å². The van der Waals surface area contributed by atoms with Crippen molar-refractivity contribution in [3.63, 3.8) is 0 Å². The summed E-state index contributed by atoms with van der Waals surface area (Å²) in [4.78, 5) is 4.92. The van der Waals surface area contributed by atoms with Crippen molar-refractivity contribution in [2.24, 2.45) is 4.99 Å². The fraction of sp³-hybridized carbons (Fsp3) is 0.462. The Balaban J connectivity index is 1.81. The Morgan fingerprint density at radius 3 is 2.50 bits per heavy atom. The molecule has 3 rings (SSSR count). The van der Waals surface area contributed by atoms with Gasteiger partial charge in [0.05, 0.1) is 11.2 Å². The molecule has 0 unspecified atom stereocenters. The van der Waals surface area contributed by atoms with Crippen LogP contribution >= 0.6 is 43.6 Å². The molecule has 0 aromatic heterocycles. The van der Waals surface area contributed by atoms with E-state index in [0.717, 1.165) is 25.6 Å². The normalized spacial score (nSPS) is 21.3. The van der Waals surface area contributed by atoms with Crippen molar-refractivity contribution >= 4 is 54.5 Å². The number of thioether (sulfide) groups is 1. The monoisotopic (exact) mass is 388 g/mol. The second-order valence-corrected chi connectivity index (χ2v) is 7.53. The number of benzene rings is 1. The van der Waals surface area contributed by atoms with Crippen LogP contribution in [0.5, 0.6) is 0 Å². The smallest absolute Gasteiger partial charge is 0.161 e. The molecule has 0 atom stereocenters. The van der Waals surface area contributed by atoms with Gasteiger partial charge in [0.2, 0.25) is 0 Å². The molecular weight excluding hydrogens is 376 g/mol. The summed E-state index contributed by atoms with van der Waals surface area (Å²) in [6.45, 7) is 0. The van der Waals surface area contributed by atoms with E-state index >= 15 is 0 Å². The zero-order valence-electron chi connectivity index (χ0n) is 9.88. The highest BCUT2D eigenvalue weighted by Gasteiger charge is 2.38. The second-order valence-electron chi connectivity index (χ2n) is 4.86. The third-order valence-corrected chi connectivity index (χ3v) is 6.02. The number of para-hydroxylation sites is 1. The lowest BCUT2D eigenvalue weighted by Gasteiger charge is -2.16. The molecule has 1 aromatic rings. The number of anilines is 1. The Hall–Kier alpha value is -0.000000000000000111. The fourth-order valence-corrected chi connectivity index (χ4v) is 4.95. The minimum atomic E-state index is 0.237. The van der Waals surface area contributed by atoms with Gasteiger partial charge < -0.3 is 5.32 Å². The van der Waals surface area contributed by atoms with Gasteiger partial charge in [0.25, 0.3) is 0 Å². The van der Waals surface area contributed by atoms with Gasteiger partial charge in [-0.05, 0) is 56.8 Å². The summed E-state index contributed by atoms with van der Waals surface area (Å²) in [6.07, 6.45) is 5.16. The van der Waals surface area contributed by atoms with Crippen LogP contribution in [0.2, 0.25) is 0 Å². The molecule has 1 N–H and O–H groups in total. The summed E-state index contributed by atoms with van der Waals surface area (Å²) in [5.74, 6) is 1.14. The molecule has 1 aliphatic heterocycles. The number of amidine groups is 1. The molecule has 0 bridgehead atoms. The molecule has 1 aliphatic carbocycles. The first-order valence-corrected chi connectivity index (χ1v) is 8.69. The second kappa shape index (κ2) is 5.17. The zero-order chi connectivity index (χ0) is 12.6. The van der Waals surface area contributed by atoms with Crippen molar-refractivity contribution in [2.45, 2.75) is 31.2 Å². The number of aliphatic imine (C=N–C) groups is 1. The van der Waals surface area contributed by atoms with Crippen molar-refractivity contribution in [1.29, 1.82) is 0 Å². The van der Waals surface area contributed by atoms with Gasteiger partial charge in [-0.15, -0.1) is 0 Å². The van der Waals surface area contributed by atoms with Gasteiger partial charge in [0, 0.05) is 14.7 Å². The molecule has 1 aromatic carbocycles. The Bertz CT molecular complexity index is 476. The van der Waals surface area contributed by atoms with E-state index < -0.39 is 0 Å². The summed E-state index contributed by atoms with van der Waals surface area (Å²) in [5, 5.41) is 4.51. The number of nitrogens with zero attached hydrogens (tertiary/aromatic N) is 1. The van der Waals surface area contributed by atoms with Gasteiger partial charge in [0.15, 0.2) is 5.17 Å². The molecule has 96 valence electrons. The lowest BCUT2D eigenvalue weighted by Crippen LogP contribution is -2.21. The third-order valence-electron chi connectivity index (χ3n) is 3.55. The van der Waals surface area contributed by atoms with Crippen molar-refractivity contribution in [1.82, 2.24) is 0 Å². The highest BCUT2D eigenvalue weighted by molar-refractivity contribution is 9.11. The van der Waals surface area contributed by atoms with Gasteiger partial charge in [-0.1, -0.05) is 30.7 Å². The minimum absolute atomic E-state index is 0.237. The minimum Gasteiger partial charge on any atom is -0.333 e. The molecule has 0 amide bonds. The Kier molecular flexibility index (Phi) is 3.74. The van der Waals surface area contributed by atoms with E-state index in [2.05, 4.69) is 37.2 Å². The molecule has 1 spiro atoms. The van der Waals surface area contributed by atoms with Gasteiger partial charge in [-0.3, -0.25) is 4.99 Å². The fourth-order valence-electron chi connectivity index (χ4n) is 2.56. The zero-order valence-corrected chi connectivity index (χ0v) is 13.9. The SMILES string of the molecule is Brc1cccc(Br)c1NC1=NC2(CCCC2)CS1. The van der Waals surface area contributed by atoms with Crippen LogP contribution in [0.4, 0.5) is 5.69 Å². The maximum absolute atomic E-state index is 4.92. The predicted octanol–water partition coefficient (Wildman–Crippen LogP) is 5.04. The molecule has 2 nitrogen and oxygen atoms in total. The predicted molar refractivity (Wildman–Crippen MR) is 86.6 cm³/mol. The van der Waals surface area contributed by atoms with E-state index in [1.54, 1.807) is 0 Å². The molecule has 1 fully saturated rings. The average molecular weight is 390 g/mol. The van der Waals surface area contributed by atoms with E-state index in [0.29, 0.717) is 0 Å². The average Bonchev–Trinajstić information content (AvgIpc) is 2.96. The summed E-state index contributed by atoms with van der Waals surface area (Å²) in [6, 6.07) is 6.10. The Morgan fingerprint density at radius 2 is 1.83 bits per heavy atom. The van der Waals surface area contributed by atoms with Crippen LogP contribution in [-0.4, -0.2) is 16.5 Å². The standard InChI is InChI=1S/C13H14Br2N2S/c14-9-4-3-5-10(15)11(9)16-12-17-13(8-18-12)6-1-2-7-13/h3-5H,1-2,6-8H2,(H,16,17). The quantitative estimate of drug-likeness (QED) is 0.727. The molecule has 1 heterocycles. The molecule has 1 saturated carbocycles. The van der Waals surface area contributed by atoms with Crippen LogP contribution in [0.15, 0.2) is 32.1 Å². The molecule has 5 heteroatoms. The number of hydrogen-bond acceptors (Lipinski definition) is 3. The van der Waals surface area contributed by atoms with Crippen LogP contribution in [0.3, 0.4) is 0 Å². The Morgan fingerprint density at radius 1 is 1.17 bits per heavy atom. The van der Waals surface area contributed by atoms with Crippen LogP contribution in [0.25, 0.3) is 0 Å². The van der Waals surface area contributed by atoms with E-state index in [9.17, 15) is 0 Å². The van der Waals surface area contributed by atoms with Crippen molar-refractivity contribution in [3.8, 4) is 0 Å². The topological polar surface area (TPSA) is 24.4 Å². The van der Waals surface area contributed by atoms with E-state index in [1.165, 1.54) is 25.7 Å². The largest absolute Gasteiger partial charge is 0.333 e. The number of hydrogen-bond donors (Lipinski definition) is 1. The molecule has 0 radical (unpaired) electrons. The van der Waals surface area contributed by atoms with E-state index in [-0.39, 0.29) is 5.54 Å². The van der Waals surface area contributed by atoms with Crippen molar-refractivity contribution in [2.75, 3.05) is 11.1 Å². The lowest BCUT2D eigenvalue weighted by molar-refractivity contribution is 0.508. The van der Waals surface area contributed by atoms with Crippen molar-refractivity contribution in [3.05, 3.63) is 27.1 Å². The number of rotatable bonds is 1. The first kappa shape index (κ1) is 13.0. The highest BCUT2D eigenvalue weighted by Crippen LogP contribution is 2.42. The summed E-state index contributed by atoms with van der Waals surface area (Å²) in [7, 11) is 0. The molecule has 2 aliphatic rings. The summed E-state index contributed by atoms with van der Waals surface area (Å²) in [5.41, 5.74) is 1.31. The van der Waals surface area contributed by atoms with Crippen LogP contribution < -0.4 is 5.32 Å². The number of halogens is 2. The van der Waals surface area contributed by atoms with Crippen LogP contribution in [0.1, 0.15) is 25.7 Å². The van der Waals surface area contributed by atoms with Gasteiger partial charge in [-0.25, -0.2) is 0 Å². The first-order valence-electron chi connectivity index (χ1n) is 6.12. The maximum atomic E-state index is 4.92. The van der Waals surface area contributed by atoms with E-state index in [4.69, 9.17) is 4.99 Å². The van der Waals surface area contributed by atoms with Gasteiger partial charge >= 0.3 is 0 Å². The molecular formula is C13H14Br2N2S. The summed E-state index contributed by atoms with van der Waals surface area (Å²) < 4.78 is 2.13. The molecule has 0 saturated heterocycles. The maximum Gasteiger partial charge on any atom is 0.161 e. The summed E-state index contributed by atoms with van der Waals surface area (Å²) >= 11 is 8.99. The van der Waals surface area contributed by atoms with E-state index in [1.807, 2.05) is 30.0 Å². The van der Waals surface area contributed by atoms with Gasteiger partial charge in [0.1, 0.15) is 0 Å². The van der Waals surface area contributed by atoms with Gasteiger partial charge in [-0.2, -0.15) is 0 Å². The van der Waals surface area contributed by atoms with Crippen LogP contribution in [-0.2, 0) is 0 Å². The third kappa shape index (κ3) is 2.49. The van der Waals surface area contributed by atoms with Crippen LogP contribution in [0, 0.1) is 0 Å².